The Kier molecular flexibility index (Phi) is 6.06. The molecule has 10 heteroatoms. The summed E-state index contributed by atoms with van der Waals surface area (Å²) in [6.07, 6.45) is -2.50. The Morgan fingerprint density at radius 1 is 1.42 bits per heavy atom. The topological polar surface area (TPSA) is 89.0 Å². The fourth-order valence-electron chi connectivity index (χ4n) is 2.90. The monoisotopic (exact) mass is 376 g/mol. The number of alkyl halides is 3. The Labute approximate surface area is 147 Å². The van der Waals surface area contributed by atoms with E-state index < -0.39 is 30.1 Å². The maximum Gasteiger partial charge on any atom is 0.422 e. The molecule has 1 atom stereocenters. The molecular weight excluding hydrogens is 357 g/mol. The molecule has 1 aliphatic rings. The Morgan fingerprint density at radius 3 is 2.77 bits per heavy atom. The van der Waals surface area contributed by atoms with Gasteiger partial charge in [-0.05, 0) is 18.9 Å². The lowest BCUT2D eigenvalue weighted by atomic mass is 9.80. The first-order chi connectivity index (χ1) is 12.2. The molecule has 144 valence electrons. The third kappa shape index (κ3) is 4.84. The minimum Gasteiger partial charge on any atom is -0.481 e. The maximum atomic E-state index is 12.7. The third-order valence-corrected chi connectivity index (χ3v) is 4.10. The first-order valence-electron chi connectivity index (χ1n) is 7.84. The summed E-state index contributed by atoms with van der Waals surface area (Å²) in [5.74, 6) is -1.88. The zero-order valence-corrected chi connectivity index (χ0v) is 14.1. The van der Waals surface area contributed by atoms with Crippen LogP contribution in [-0.4, -0.2) is 66.5 Å². The van der Waals surface area contributed by atoms with Gasteiger partial charge >= 0.3 is 12.1 Å². The molecule has 7 nitrogen and oxygen atoms in total. The Balaban J connectivity index is 2.14. The van der Waals surface area contributed by atoms with Crippen molar-refractivity contribution in [2.45, 2.75) is 19.0 Å². The molecule has 2 heterocycles. The summed E-state index contributed by atoms with van der Waals surface area (Å²) < 4.78 is 46.2. The molecular formula is C16H19F3N2O5. The van der Waals surface area contributed by atoms with Crippen molar-refractivity contribution in [3.05, 3.63) is 23.9 Å². The summed E-state index contributed by atoms with van der Waals surface area (Å²) in [4.78, 5) is 29.3. The van der Waals surface area contributed by atoms with E-state index in [1.165, 1.54) is 24.3 Å². The molecule has 1 fully saturated rings. The molecule has 0 saturated carbocycles. The number of piperidine rings is 1. The molecule has 1 unspecified atom stereocenters. The maximum absolute atomic E-state index is 12.7. The third-order valence-electron chi connectivity index (χ3n) is 4.10. The number of aromatic nitrogens is 1. The smallest absolute Gasteiger partial charge is 0.422 e. The lowest BCUT2D eigenvalue weighted by Crippen LogP contribution is -2.52. The van der Waals surface area contributed by atoms with Crippen molar-refractivity contribution in [3.8, 4) is 5.88 Å². The van der Waals surface area contributed by atoms with E-state index in [9.17, 15) is 27.9 Å². The van der Waals surface area contributed by atoms with Crippen LogP contribution in [0.25, 0.3) is 0 Å². The number of carbonyl (C=O) groups excluding carboxylic acids is 1. The van der Waals surface area contributed by atoms with Gasteiger partial charge in [-0.15, -0.1) is 0 Å². The molecule has 2 rings (SSSR count). The van der Waals surface area contributed by atoms with Crippen LogP contribution < -0.4 is 4.74 Å². The number of amides is 1. The van der Waals surface area contributed by atoms with Crippen LogP contribution in [0.1, 0.15) is 23.2 Å². The van der Waals surface area contributed by atoms with Crippen molar-refractivity contribution < 1.29 is 37.3 Å². The van der Waals surface area contributed by atoms with E-state index >= 15 is 0 Å². The average Bonchev–Trinajstić information content (AvgIpc) is 2.59. The molecule has 1 N–H and O–H groups in total. The number of ether oxygens (including phenoxy) is 2. The second kappa shape index (κ2) is 7.90. The summed E-state index contributed by atoms with van der Waals surface area (Å²) in [5, 5.41) is 9.53. The predicted octanol–water partition coefficient (Wildman–Crippen LogP) is 1.98. The second-order valence-corrected chi connectivity index (χ2v) is 6.14. The highest BCUT2D eigenvalue weighted by molar-refractivity contribution is 5.95. The van der Waals surface area contributed by atoms with Gasteiger partial charge in [-0.1, -0.05) is 0 Å². The van der Waals surface area contributed by atoms with Crippen molar-refractivity contribution >= 4 is 11.9 Å². The van der Waals surface area contributed by atoms with Crippen LogP contribution in [0.5, 0.6) is 5.88 Å². The molecule has 1 saturated heterocycles. The van der Waals surface area contributed by atoms with E-state index in [0.29, 0.717) is 19.4 Å². The number of likely N-dealkylation sites (tertiary alicyclic amines) is 1. The molecule has 0 aliphatic carbocycles. The van der Waals surface area contributed by atoms with Crippen LogP contribution in [-0.2, 0) is 9.53 Å². The minimum atomic E-state index is -4.52. The number of aliphatic carboxylic acids is 1. The number of carbonyl (C=O) groups is 2. The van der Waals surface area contributed by atoms with Crippen LogP contribution >= 0.6 is 0 Å². The Bertz CT molecular complexity index is 664. The van der Waals surface area contributed by atoms with Crippen LogP contribution in [0.4, 0.5) is 13.2 Å². The number of hydrogen-bond acceptors (Lipinski definition) is 5. The van der Waals surface area contributed by atoms with Gasteiger partial charge in [0.25, 0.3) is 5.91 Å². The number of hydrogen-bond donors (Lipinski definition) is 1. The van der Waals surface area contributed by atoms with Crippen LogP contribution in [0.2, 0.25) is 0 Å². The highest BCUT2D eigenvalue weighted by Crippen LogP contribution is 2.31. The number of carboxylic acid groups (broad SMARTS) is 1. The van der Waals surface area contributed by atoms with Crippen molar-refractivity contribution in [1.29, 1.82) is 0 Å². The van der Waals surface area contributed by atoms with Crippen molar-refractivity contribution in [2.75, 3.05) is 33.4 Å². The second-order valence-electron chi connectivity index (χ2n) is 6.14. The summed E-state index contributed by atoms with van der Waals surface area (Å²) in [5.41, 5.74) is -1.12. The minimum absolute atomic E-state index is 0.0393. The Morgan fingerprint density at radius 2 is 2.15 bits per heavy atom. The van der Waals surface area contributed by atoms with E-state index in [-0.39, 0.29) is 24.6 Å². The van der Waals surface area contributed by atoms with E-state index in [1.54, 1.807) is 0 Å². The molecule has 1 aliphatic heterocycles. The van der Waals surface area contributed by atoms with Gasteiger partial charge in [0.05, 0.1) is 6.61 Å². The number of pyridine rings is 1. The summed E-state index contributed by atoms with van der Waals surface area (Å²) in [6.45, 7) is -1.26. The number of rotatable bonds is 6. The lowest BCUT2D eigenvalue weighted by Gasteiger charge is -2.39. The number of carboxylic acids is 1. The molecule has 0 aromatic carbocycles. The summed E-state index contributed by atoms with van der Waals surface area (Å²) >= 11 is 0. The Hall–Kier alpha value is -2.36. The quantitative estimate of drug-likeness (QED) is 0.817. The van der Waals surface area contributed by atoms with E-state index in [2.05, 4.69) is 9.72 Å². The summed E-state index contributed by atoms with van der Waals surface area (Å²) in [6, 6.07) is 2.46. The molecule has 1 aromatic rings. The zero-order valence-electron chi connectivity index (χ0n) is 14.1. The molecule has 1 amide bonds. The fraction of sp³-hybridized carbons (Fsp3) is 0.562. The molecule has 26 heavy (non-hydrogen) atoms. The van der Waals surface area contributed by atoms with Gasteiger partial charge < -0.3 is 19.5 Å². The van der Waals surface area contributed by atoms with Crippen molar-refractivity contribution in [1.82, 2.24) is 9.88 Å². The van der Waals surface area contributed by atoms with Crippen molar-refractivity contribution in [2.24, 2.45) is 5.41 Å². The van der Waals surface area contributed by atoms with Gasteiger partial charge in [-0.2, -0.15) is 13.2 Å². The van der Waals surface area contributed by atoms with E-state index in [4.69, 9.17) is 4.74 Å². The average molecular weight is 376 g/mol. The molecule has 0 bridgehead atoms. The predicted molar refractivity (Wildman–Crippen MR) is 82.9 cm³/mol. The van der Waals surface area contributed by atoms with Gasteiger partial charge in [0.15, 0.2) is 6.61 Å². The van der Waals surface area contributed by atoms with Gasteiger partial charge in [0, 0.05) is 38.0 Å². The SMILES string of the molecule is COCC1(C(=O)O)CCCN(C(=O)c2ccnc(OCC(F)(F)F)c2)C1. The van der Waals surface area contributed by atoms with Gasteiger partial charge in [-0.25, -0.2) is 4.98 Å². The fourth-order valence-corrected chi connectivity index (χ4v) is 2.90. The number of methoxy groups -OCH3 is 1. The number of halogens is 3. The van der Waals surface area contributed by atoms with Gasteiger partial charge in [0.1, 0.15) is 5.41 Å². The highest BCUT2D eigenvalue weighted by Gasteiger charge is 2.44. The van der Waals surface area contributed by atoms with Crippen molar-refractivity contribution in [3.63, 3.8) is 0 Å². The lowest BCUT2D eigenvalue weighted by molar-refractivity contribution is -0.156. The summed E-state index contributed by atoms with van der Waals surface area (Å²) in [7, 11) is 1.39. The largest absolute Gasteiger partial charge is 0.481 e. The normalized spacial score (nSPS) is 20.7. The molecule has 1 aromatic heterocycles. The first kappa shape index (κ1) is 20.0. The van der Waals surface area contributed by atoms with Gasteiger partial charge in [-0.3, -0.25) is 9.59 Å². The van der Waals surface area contributed by atoms with Gasteiger partial charge in [0.2, 0.25) is 5.88 Å². The molecule has 0 radical (unpaired) electrons. The van der Waals surface area contributed by atoms with Crippen LogP contribution in [0.15, 0.2) is 18.3 Å². The standard InChI is InChI=1S/C16H19F3N2O5/c1-25-9-15(14(23)24)4-2-6-21(8-15)13(22)11-3-5-20-12(7-11)26-10-16(17,18)19/h3,5,7H,2,4,6,8-10H2,1H3,(H,23,24). The van der Waals surface area contributed by atoms with Crippen LogP contribution in [0.3, 0.4) is 0 Å². The molecule has 0 spiro atoms. The number of nitrogens with zero attached hydrogens (tertiary/aromatic N) is 2. The highest BCUT2D eigenvalue weighted by atomic mass is 19.4. The van der Waals surface area contributed by atoms with E-state index in [0.717, 1.165) is 6.07 Å². The zero-order chi connectivity index (χ0) is 19.4. The van der Waals surface area contributed by atoms with E-state index in [1.807, 2.05) is 0 Å². The van der Waals surface area contributed by atoms with Crippen LogP contribution in [0, 0.1) is 5.41 Å². The first-order valence-corrected chi connectivity index (χ1v) is 7.84.